The maximum atomic E-state index is 5.19. The van der Waals surface area contributed by atoms with Gasteiger partial charge < -0.3 is 0 Å². The molecule has 2 radical (unpaired) electrons. The zero-order chi connectivity index (χ0) is 3.41. The summed E-state index contributed by atoms with van der Waals surface area (Å²) in [4.78, 5) is 1.77. The quantitative estimate of drug-likeness (QED) is 0.470. The third-order valence-electron chi connectivity index (χ3n) is 0.0772. The van der Waals surface area contributed by atoms with Gasteiger partial charge >= 0.3 is 36.0 Å². The van der Waals surface area contributed by atoms with Crippen LogP contribution in [0.5, 0.6) is 0 Å². The fourth-order valence-corrected chi connectivity index (χ4v) is 0. The van der Waals surface area contributed by atoms with E-state index in [2.05, 4.69) is 6.58 Å². The average Bonchev–Trinajstić information content (AvgIpc) is 1.37. The van der Waals surface area contributed by atoms with Gasteiger partial charge in [-0.05, 0) is 0 Å². The predicted molar refractivity (Wildman–Crippen MR) is 21.8 cm³/mol. The van der Waals surface area contributed by atoms with Gasteiger partial charge in [0.1, 0.15) is 0 Å². The number of halogens is 1. The van der Waals surface area contributed by atoms with Crippen molar-refractivity contribution in [2.24, 2.45) is 0 Å². The van der Waals surface area contributed by atoms with Crippen LogP contribution in [0, 0.1) is 0 Å². The Morgan fingerprint density at radius 1 is 2.00 bits per heavy atom. The second-order valence-corrected chi connectivity index (χ2v) is 2.76. The molecule has 0 aliphatic rings. The Bertz CT molecular complexity index is 20.0. The summed E-state index contributed by atoms with van der Waals surface area (Å²) in [7, 11) is 5.19. The Labute approximate surface area is 36.5 Å². The molecule has 0 heterocycles. The van der Waals surface area contributed by atoms with Crippen LogP contribution in [0.3, 0.4) is 0 Å². The van der Waals surface area contributed by atoms with Crippen LogP contribution in [0.1, 0.15) is 0 Å². The average molecular weight is 135 g/mol. The molecule has 0 aromatic carbocycles. The fourth-order valence-electron chi connectivity index (χ4n) is 0. The monoisotopic (exact) mass is 136 g/mol. The summed E-state index contributed by atoms with van der Waals surface area (Å²) in [6.45, 7) is 3.40. The molecule has 0 fully saturated rings. The Morgan fingerprint density at radius 3 is 2.25 bits per heavy atom. The van der Waals surface area contributed by atoms with E-state index in [1.54, 1.807) is 4.91 Å². The van der Waals surface area contributed by atoms with E-state index in [4.69, 9.17) is 10.0 Å². The van der Waals surface area contributed by atoms with Crippen molar-refractivity contribution in [3.05, 3.63) is 11.5 Å². The Hall–Kier alpha value is 0.573. The molecule has 22 valence electrons. The van der Waals surface area contributed by atoms with E-state index in [0.717, 1.165) is 0 Å². The van der Waals surface area contributed by atoms with Crippen molar-refractivity contribution in [3.8, 4) is 0 Å². The van der Waals surface area contributed by atoms with Crippen LogP contribution in [0.25, 0.3) is 0 Å². The van der Waals surface area contributed by atoms with Crippen LogP contribution < -0.4 is 0 Å². The molecule has 0 aromatic heterocycles. The molecule has 4 heavy (non-hydrogen) atoms. The molecular formula is C2H3ClGe. The summed E-state index contributed by atoms with van der Waals surface area (Å²) >= 11 is -0.250. The van der Waals surface area contributed by atoms with Crippen LogP contribution in [-0.2, 0) is 0 Å². The molecule has 0 bridgehead atoms. The molecule has 0 saturated carbocycles. The fraction of sp³-hybridized carbons (Fsp3) is 0. The van der Waals surface area contributed by atoms with E-state index < -0.39 is 0 Å². The van der Waals surface area contributed by atoms with E-state index in [-0.39, 0.29) is 14.5 Å². The van der Waals surface area contributed by atoms with Gasteiger partial charge in [0.05, 0.1) is 0 Å². The molecule has 0 nitrogen and oxygen atoms in total. The first-order chi connectivity index (χ1) is 1.91. The molecule has 0 N–H and O–H groups in total. The Kier molecular flexibility index (Phi) is 4.08. The second-order valence-electron chi connectivity index (χ2n) is 0.313. The molecule has 0 rings (SSSR count). The minimum absolute atomic E-state index is 0.250. The van der Waals surface area contributed by atoms with Crippen molar-refractivity contribution >= 4 is 24.5 Å². The molecule has 0 unspecified atom stereocenters. The maximum absolute atomic E-state index is 5.19. The zero-order valence-corrected chi connectivity index (χ0v) is 5.02. The van der Waals surface area contributed by atoms with Crippen molar-refractivity contribution in [1.82, 2.24) is 0 Å². The van der Waals surface area contributed by atoms with Crippen molar-refractivity contribution in [1.29, 1.82) is 0 Å². The zero-order valence-electron chi connectivity index (χ0n) is 2.16. The van der Waals surface area contributed by atoms with Gasteiger partial charge in [-0.1, -0.05) is 0 Å². The summed E-state index contributed by atoms with van der Waals surface area (Å²) in [5, 5.41) is 0. The normalized spacial score (nSPS) is 6.25. The number of rotatable bonds is 1. The molecule has 0 aliphatic carbocycles. The molecule has 0 amide bonds. The standard InChI is InChI=1S/C2H3ClGe/c1-2-4-3/h2H,1H2. The van der Waals surface area contributed by atoms with Crippen molar-refractivity contribution in [3.63, 3.8) is 0 Å². The Morgan fingerprint density at radius 2 is 2.25 bits per heavy atom. The van der Waals surface area contributed by atoms with E-state index in [1.807, 2.05) is 0 Å². The molecule has 2 heteroatoms. The topological polar surface area (TPSA) is 0 Å². The molecule has 0 spiro atoms. The van der Waals surface area contributed by atoms with E-state index in [9.17, 15) is 0 Å². The summed E-state index contributed by atoms with van der Waals surface area (Å²) in [6.07, 6.45) is 0. The summed E-state index contributed by atoms with van der Waals surface area (Å²) in [6, 6.07) is 0. The second kappa shape index (κ2) is 3.57. The summed E-state index contributed by atoms with van der Waals surface area (Å²) < 4.78 is 0. The van der Waals surface area contributed by atoms with Crippen LogP contribution in [0.15, 0.2) is 11.5 Å². The van der Waals surface area contributed by atoms with Gasteiger partial charge in [0.25, 0.3) is 0 Å². The number of hydrogen-bond acceptors (Lipinski definition) is 0. The molecule has 0 atom stereocenters. The summed E-state index contributed by atoms with van der Waals surface area (Å²) in [5.41, 5.74) is 0. The third kappa shape index (κ3) is 2.57. The van der Waals surface area contributed by atoms with Crippen LogP contribution in [0.2, 0.25) is 0 Å². The van der Waals surface area contributed by atoms with Crippen LogP contribution in [-0.4, -0.2) is 14.5 Å². The van der Waals surface area contributed by atoms with E-state index >= 15 is 0 Å². The SMILES string of the molecule is C=[CH][Ge][Cl]. The number of hydrogen-bond donors (Lipinski definition) is 0. The molecule has 0 saturated heterocycles. The molecule has 0 aromatic rings. The van der Waals surface area contributed by atoms with Gasteiger partial charge in [-0.15, -0.1) is 0 Å². The van der Waals surface area contributed by atoms with Gasteiger partial charge in [0.2, 0.25) is 0 Å². The van der Waals surface area contributed by atoms with Crippen LogP contribution in [0.4, 0.5) is 0 Å². The van der Waals surface area contributed by atoms with Gasteiger partial charge in [0, 0.05) is 0 Å². The molecular weight excluding hydrogens is 132 g/mol. The van der Waals surface area contributed by atoms with Gasteiger partial charge in [-0.2, -0.15) is 0 Å². The third-order valence-corrected chi connectivity index (χ3v) is 1.20. The van der Waals surface area contributed by atoms with Gasteiger partial charge in [0.15, 0.2) is 0 Å². The minimum atomic E-state index is -0.250. The molecule has 0 aliphatic heterocycles. The summed E-state index contributed by atoms with van der Waals surface area (Å²) in [5.74, 6) is 0. The predicted octanol–water partition coefficient (Wildman–Crippen LogP) is 0.988. The van der Waals surface area contributed by atoms with Crippen molar-refractivity contribution in [2.75, 3.05) is 0 Å². The van der Waals surface area contributed by atoms with Crippen molar-refractivity contribution in [2.45, 2.75) is 0 Å². The van der Waals surface area contributed by atoms with E-state index in [0.29, 0.717) is 0 Å². The first-order valence-electron chi connectivity index (χ1n) is 0.886. The first kappa shape index (κ1) is 4.57. The van der Waals surface area contributed by atoms with Crippen LogP contribution >= 0.6 is 10.0 Å². The van der Waals surface area contributed by atoms with E-state index in [1.165, 1.54) is 0 Å². The first-order valence-corrected chi connectivity index (χ1v) is 4.85. The van der Waals surface area contributed by atoms with Gasteiger partial charge in [-0.25, -0.2) is 0 Å². The van der Waals surface area contributed by atoms with Crippen molar-refractivity contribution < 1.29 is 0 Å². The Balaban J connectivity index is 2.30. The van der Waals surface area contributed by atoms with Gasteiger partial charge in [-0.3, -0.25) is 0 Å².